The van der Waals surface area contributed by atoms with Crippen LogP contribution in [0, 0.1) is 0 Å². The number of hydrogen-bond acceptors (Lipinski definition) is 5. The highest BCUT2D eigenvalue weighted by Gasteiger charge is 2.09. The van der Waals surface area contributed by atoms with Gasteiger partial charge in [0.1, 0.15) is 5.75 Å². The number of benzene rings is 1. The van der Waals surface area contributed by atoms with Gasteiger partial charge in [0.05, 0.1) is 13.2 Å². The van der Waals surface area contributed by atoms with Crippen molar-refractivity contribution >= 4 is 30.1 Å². The molecule has 122 valence electrons. The molecule has 1 saturated heterocycles. The first-order chi connectivity index (χ1) is 10.1. The van der Waals surface area contributed by atoms with Gasteiger partial charge in [-0.15, -0.1) is 12.4 Å². The second-order valence-electron chi connectivity index (χ2n) is 4.90. The molecule has 1 amide bonds. The second-order valence-corrected chi connectivity index (χ2v) is 4.90. The summed E-state index contributed by atoms with van der Waals surface area (Å²) in [6, 6.07) is 4.73. The van der Waals surface area contributed by atoms with Crippen LogP contribution in [0.5, 0.6) is 5.75 Å². The lowest BCUT2D eigenvalue weighted by Crippen LogP contribution is -2.41. The maximum absolute atomic E-state index is 11.7. The van der Waals surface area contributed by atoms with Crippen LogP contribution in [0.1, 0.15) is 5.56 Å². The van der Waals surface area contributed by atoms with Gasteiger partial charge in [-0.3, -0.25) is 9.69 Å². The Labute approximate surface area is 136 Å². The van der Waals surface area contributed by atoms with Gasteiger partial charge in [0.15, 0.2) is 0 Å². The monoisotopic (exact) mass is 327 g/mol. The van der Waals surface area contributed by atoms with Crippen LogP contribution < -0.4 is 11.1 Å². The molecular formula is C15H22ClN3O3. The Kier molecular flexibility index (Phi) is 7.73. The molecule has 1 heterocycles. The van der Waals surface area contributed by atoms with Crippen LogP contribution in [0.4, 0.5) is 5.69 Å². The first kappa shape index (κ1) is 18.3. The number of ether oxygens (including phenoxy) is 1. The SMILES string of the molecule is Cl.Nc1ccc(O)c(/C=C/C(=O)NCCN2CCOCC2)c1. The molecule has 7 heteroatoms. The van der Waals surface area contributed by atoms with Crippen molar-refractivity contribution in [3.8, 4) is 5.75 Å². The average molecular weight is 328 g/mol. The molecule has 22 heavy (non-hydrogen) atoms. The predicted molar refractivity (Wildman–Crippen MR) is 89.1 cm³/mol. The number of halogens is 1. The Morgan fingerprint density at radius 1 is 1.41 bits per heavy atom. The fourth-order valence-corrected chi connectivity index (χ4v) is 2.09. The van der Waals surface area contributed by atoms with Crippen LogP contribution in [-0.4, -0.2) is 55.3 Å². The number of nitrogens with one attached hydrogen (secondary N) is 1. The zero-order chi connectivity index (χ0) is 15.1. The summed E-state index contributed by atoms with van der Waals surface area (Å²) in [5, 5.41) is 12.5. The minimum absolute atomic E-state index is 0. The smallest absolute Gasteiger partial charge is 0.244 e. The largest absolute Gasteiger partial charge is 0.507 e. The number of phenols is 1. The molecule has 1 aromatic carbocycles. The molecule has 2 rings (SSSR count). The number of nitrogens with zero attached hydrogens (tertiary/aromatic N) is 1. The Balaban J connectivity index is 0.00000242. The van der Waals surface area contributed by atoms with Crippen molar-refractivity contribution in [3.05, 3.63) is 29.8 Å². The third kappa shape index (κ3) is 5.93. The minimum atomic E-state index is -0.190. The number of morpholine rings is 1. The highest BCUT2D eigenvalue weighted by atomic mass is 35.5. The number of nitrogens with two attached hydrogens (primary N) is 1. The highest BCUT2D eigenvalue weighted by molar-refractivity contribution is 5.92. The second kappa shape index (κ2) is 9.30. The van der Waals surface area contributed by atoms with Gasteiger partial charge in [0, 0.05) is 43.5 Å². The van der Waals surface area contributed by atoms with E-state index in [1.54, 1.807) is 18.2 Å². The molecular weight excluding hydrogens is 306 g/mol. The van der Waals surface area contributed by atoms with Crippen molar-refractivity contribution < 1.29 is 14.6 Å². The van der Waals surface area contributed by atoms with Crippen molar-refractivity contribution in [2.75, 3.05) is 45.1 Å². The van der Waals surface area contributed by atoms with Gasteiger partial charge in [0.25, 0.3) is 0 Å². The Hall–Kier alpha value is -1.76. The van der Waals surface area contributed by atoms with Gasteiger partial charge in [-0.1, -0.05) is 0 Å². The average Bonchev–Trinajstić information content (AvgIpc) is 2.49. The van der Waals surface area contributed by atoms with Crippen LogP contribution in [0.25, 0.3) is 6.08 Å². The fraction of sp³-hybridized carbons (Fsp3) is 0.400. The number of anilines is 1. The van der Waals surface area contributed by atoms with Crippen LogP contribution in [0.2, 0.25) is 0 Å². The molecule has 1 aliphatic rings. The van der Waals surface area contributed by atoms with E-state index >= 15 is 0 Å². The molecule has 6 nitrogen and oxygen atoms in total. The first-order valence-electron chi connectivity index (χ1n) is 6.99. The van der Waals surface area contributed by atoms with Gasteiger partial charge in [-0.05, 0) is 24.3 Å². The highest BCUT2D eigenvalue weighted by Crippen LogP contribution is 2.20. The van der Waals surface area contributed by atoms with E-state index in [1.807, 2.05) is 0 Å². The Bertz CT molecular complexity index is 517. The summed E-state index contributed by atoms with van der Waals surface area (Å²) in [4.78, 5) is 13.9. The molecule has 0 spiro atoms. The van der Waals surface area contributed by atoms with E-state index in [9.17, 15) is 9.90 Å². The minimum Gasteiger partial charge on any atom is -0.507 e. The van der Waals surface area contributed by atoms with Crippen molar-refractivity contribution in [1.82, 2.24) is 10.2 Å². The summed E-state index contributed by atoms with van der Waals surface area (Å²) < 4.78 is 5.26. The van der Waals surface area contributed by atoms with Crippen LogP contribution in [-0.2, 0) is 9.53 Å². The first-order valence-corrected chi connectivity index (χ1v) is 6.99. The van der Waals surface area contributed by atoms with Crippen molar-refractivity contribution in [2.24, 2.45) is 0 Å². The number of nitrogen functional groups attached to an aromatic ring is 1. The summed E-state index contributed by atoms with van der Waals surface area (Å²) in [5.74, 6) is -0.0911. The van der Waals surface area contributed by atoms with Gasteiger partial charge >= 0.3 is 0 Å². The van der Waals surface area contributed by atoms with Crippen molar-refractivity contribution in [1.29, 1.82) is 0 Å². The predicted octanol–water partition coefficient (Wildman–Crippen LogP) is 0.858. The van der Waals surface area contributed by atoms with Gasteiger partial charge < -0.3 is 20.9 Å². The van der Waals surface area contributed by atoms with E-state index in [-0.39, 0.29) is 24.1 Å². The van der Waals surface area contributed by atoms with E-state index < -0.39 is 0 Å². The van der Waals surface area contributed by atoms with E-state index in [2.05, 4.69) is 10.2 Å². The quantitative estimate of drug-likeness (QED) is 0.424. The summed E-state index contributed by atoms with van der Waals surface area (Å²) in [7, 11) is 0. The van der Waals surface area contributed by atoms with Crippen molar-refractivity contribution in [3.63, 3.8) is 0 Å². The Morgan fingerprint density at radius 2 is 2.14 bits per heavy atom. The number of rotatable bonds is 5. The Morgan fingerprint density at radius 3 is 2.86 bits per heavy atom. The van der Waals surface area contributed by atoms with E-state index in [1.165, 1.54) is 12.1 Å². The molecule has 4 N–H and O–H groups in total. The van der Waals surface area contributed by atoms with E-state index in [4.69, 9.17) is 10.5 Å². The number of hydrogen-bond donors (Lipinski definition) is 3. The zero-order valence-electron chi connectivity index (χ0n) is 12.3. The number of aromatic hydroxyl groups is 1. The molecule has 0 atom stereocenters. The normalized spacial score (nSPS) is 15.5. The third-order valence-corrected chi connectivity index (χ3v) is 3.30. The molecule has 0 bridgehead atoms. The van der Waals surface area contributed by atoms with Crippen LogP contribution in [0.3, 0.4) is 0 Å². The zero-order valence-corrected chi connectivity index (χ0v) is 13.1. The van der Waals surface area contributed by atoms with Crippen LogP contribution >= 0.6 is 12.4 Å². The molecule has 1 fully saturated rings. The maximum atomic E-state index is 11.7. The fourth-order valence-electron chi connectivity index (χ4n) is 2.09. The lowest BCUT2D eigenvalue weighted by Gasteiger charge is -2.26. The van der Waals surface area contributed by atoms with E-state index in [0.717, 1.165) is 32.8 Å². The standard InChI is InChI=1S/C15H21N3O3.ClH/c16-13-2-3-14(19)12(11-13)1-4-15(20)17-5-6-18-7-9-21-10-8-18;/h1-4,11,19H,5-10,16H2,(H,17,20);1H/b4-1+;. The van der Waals surface area contributed by atoms with Gasteiger partial charge in [0.2, 0.25) is 5.91 Å². The third-order valence-electron chi connectivity index (χ3n) is 3.30. The molecule has 1 aliphatic heterocycles. The molecule has 0 unspecified atom stereocenters. The topological polar surface area (TPSA) is 87.8 Å². The molecule has 0 aromatic heterocycles. The van der Waals surface area contributed by atoms with E-state index in [0.29, 0.717) is 17.8 Å². The van der Waals surface area contributed by atoms with Crippen LogP contribution in [0.15, 0.2) is 24.3 Å². The summed E-state index contributed by atoms with van der Waals surface area (Å²) in [5.41, 5.74) is 6.70. The lowest BCUT2D eigenvalue weighted by atomic mass is 10.1. The number of carbonyl (C=O) groups is 1. The summed E-state index contributed by atoms with van der Waals surface area (Å²) >= 11 is 0. The molecule has 0 aliphatic carbocycles. The summed E-state index contributed by atoms with van der Waals surface area (Å²) in [6.07, 6.45) is 2.95. The molecule has 0 radical (unpaired) electrons. The maximum Gasteiger partial charge on any atom is 0.244 e. The summed E-state index contributed by atoms with van der Waals surface area (Å²) in [6.45, 7) is 4.72. The lowest BCUT2D eigenvalue weighted by molar-refractivity contribution is -0.116. The number of carbonyl (C=O) groups excluding carboxylic acids is 1. The number of amides is 1. The number of phenolic OH excluding ortho intramolecular Hbond substituents is 1. The van der Waals surface area contributed by atoms with Gasteiger partial charge in [-0.2, -0.15) is 0 Å². The molecule has 0 saturated carbocycles. The van der Waals surface area contributed by atoms with Crippen molar-refractivity contribution in [2.45, 2.75) is 0 Å². The molecule has 1 aromatic rings. The van der Waals surface area contributed by atoms with Gasteiger partial charge in [-0.25, -0.2) is 0 Å².